The predicted octanol–water partition coefficient (Wildman–Crippen LogP) is 3.65. The van der Waals surface area contributed by atoms with Gasteiger partial charge in [-0.25, -0.2) is 4.39 Å². The van der Waals surface area contributed by atoms with E-state index in [0.29, 0.717) is 12.0 Å². The first-order valence-corrected chi connectivity index (χ1v) is 7.22. The molecule has 0 aliphatic rings. The second-order valence-corrected chi connectivity index (χ2v) is 5.71. The molecule has 0 heterocycles. The van der Waals surface area contributed by atoms with E-state index in [2.05, 4.69) is 0 Å². The van der Waals surface area contributed by atoms with Gasteiger partial charge in [-0.3, -0.25) is 9.59 Å². The van der Waals surface area contributed by atoms with Crippen molar-refractivity contribution in [3.63, 3.8) is 0 Å². The summed E-state index contributed by atoms with van der Waals surface area (Å²) in [5.41, 5.74) is -0.167. The molecule has 0 aliphatic carbocycles. The summed E-state index contributed by atoms with van der Waals surface area (Å²) >= 11 is 0. The Labute approximate surface area is 125 Å². The highest BCUT2D eigenvalue weighted by Crippen LogP contribution is 2.30. The quantitative estimate of drug-likeness (QED) is 0.569. The summed E-state index contributed by atoms with van der Waals surface area (Å²) in [6.07, 6.45) is 2.16. The van der Waals surface area contributed by atoms with Gasteiger partial charge in [-0.1, -0.05) is 31.9 Å². The van der Waals surface area contributed by atoms with Crippen LogP contribution in [0.5, 0.6) is 0 Å². The summed E-state index contributed by atoms with van der Waals surface area (Å²) in [6.45, 7) is 5.51. The number of ether oxygens (including phenoxy) is 1. The number of Topliss-reactive ketones (excluding diaryl/α,β-unsaturated/α-hetero) is 1. The Hall–Kier alpha value is -1.71. The van der Waals surface area contributed by atoms with Crippen LogP contribution in [0.25, 0.3) is 0 Å². The van der Waals surface area contributed by atoms with Crippen molar-refractivity contribution in [2.75, 3.05) is 7.11 Å². The first-order chi connectivity index (χ1) is 9.84. The topological polar surface area (TPSA) is 43.4 Å². The number of unbranched alkanes of at least 4 members (excludes halogenated alkanes) is 1. The number of halogens is 1. The number of carbonyl (C=O) groups is 2. The van der Waals surface area contributed by atoms with E-state index in [0.717, 1.165) is 12.8 Å². The molecule has 0 aliphatic heterocycles. The average molecular weight is 294 g/mol. The third-order valence-electron chi connectivity index (χ3n) is 3.83. The molecule has 0 bridgehead atoms. The molecule has 1 aromatic rings. The van der Waals surface area contributed by atoms with Gasteiger partial charge in [0.15, 0.2) is 5.78 Å². The molecular weight excluding hydrogens is 271 g/mol. The van der Waals surface area contributed by atoms with Crippen molar-refractivity contribution in [1.29, 1.82) is 0 Å². The van der Waals surface area contributed by atoms with Gasteiger partial charge >= 0.3 is 5.97 Å². The molecule has 0 amide bonds. The molecule has 0 fully saturated rings. The minimum Gasteiger partial charge on any atom is -0.468 e. The van der Waals surface area contributed by atoms with Gasteiger partial charge in [-0.2, -0.15) is 0 Å². The SMILES string of the molecule is CCCCC(C(=O)OC)C(=O)C(C)(C)c1ccc(F)cc1. The molecule has 116 valence electrons. The zero-order valence-electron chi connectivity index (χ0n) is 13.1. The molecule has 4 heteroatoms. The molecular formula is C17H23FO3. The van der Waals surface area contributed by atoms with Crippen molar-refractivity contribution in [3.05, 3.63) is 35.6 Å². The molecule has 1 atom stereocenters. The molecule has 0 N–H and O–H groups in total. The summed E-state index contributed by atoms with van der Waals surface area (Å²) < 4.78 is 17.8. The number of methoxy groups -OCH3 is 1. The molecule has 0 spiro atoms. The van der Waals surface area contributed by atoms with Gasteiger partial charge in [0.2, 0.25) is 0 Å². The first kappa shape index (κ1) is 17.3. The summed E-state index contributed by atoms with van der Waals surface area (Å²) in [5, 5.41) is 0. The van der Waals surface area contributed by atoms with E-state index >= 15 is 0 Å². The Balaban J connectivity index is 3.04. The normalized spacial score (nSPS) is 12.8. The zero-order valence-corrected chi connectivity index (χ0v) is 13.1. The van der Waals surface area contributed by atoms with Crippen LogP contribution in [-0.4, -0.2) is 18.9 Å². The van der Waals surface area contributed by atoms with Crippen molar-refractivity contribution in [2.45, 2.75) is 45.4 Å². The van der Waals surface area contributed by atoms with E-state index in [4.69, 9.17) is 4.74 Å². The number of hydrogen-bond acceptors (Lipinski definition) is 3. The van der Waals surface area contributed by atoms with Gasteiger partial charge in [-0.05, 0) is 38.0 Å². The fourth-order valence-electron chi connectivity index (χ4n) is 2.35. The fraction of sp³-hybridized carbons (Fsp3) is 0.529. The lowest BCUT2D eigenvalue weighted by Crippen LogP contribution is -2.39. The van der Waals surface area contributed by atoms with Crippen LogP contribution in [-0.2, 0) is 19.7 Å². The Bertz CT molecular complexity index is 491. The van der Waals surface area contributed by atoms with Crippen LogP contribution in [0.2, 0.25) is 0 Å². The van der Waals surface area contributed by atoms with Crippen molar-refractivity contribution >= 4 is 11.8 Å². The summed E-state index contributed by atoms with van der Waals surface area (Å²) in [7, 11) is 1.29. The standard InChI is InChI=1S/C17H23FO3/c1-5-6-7-14(16(20)21-4)15(19)17(2,3)12-8-10-13(18)11-9-12/h8-11,14H,5-7H2,1-4H3. The fourth-order valence-corrected chi connectivity index (χ4v) is 2.35. The minimum atomic E-state index is -0.861. The van der Waals surface area contributed by atoms with Gasteiger partial charge in [0, 0.05) is 5.41 Å². The second-order valence-electron chi connectivity index (χ2n) is 5.71. The first-order valence-electron chi connectivity index (χ1n) is 7.22. The molecule has 1 unspecified atom stereocenters. The van der Waals surface area contributed by atoms with Gasteiger partial charge in [0.05, 0.1) is 7.11 Å². The summed E-state index contributed by atoms with van der Waals surface area (Å²) in [5.74, 6) is -1.80. The minimum absolute atomic E-state index is 0.186. The van der Waals surface area contributed by atoms with Gasteiger partial charge < -0.3 is 4.74 Å². The maximum atomic E-state index is 13.0. The molecule has 1 aromatic carbocycles. The van der Waals surface area contributed by atoms with E-state index < -0.39 is 17.3 Å². The van der Waals surface area contributed by atoms with Crippen LogP contribution in [0.3, 0.4) is 0 Å². The number of benzene rings is 1. The van der Waals surface area contributed by atoms with E-state index in [1.807, 2.05) is 6.92 Å². The van der Waals surface area contributed by atoms with Crippen molar-refractivity contribution < 1.29 is 18.7 Å². The highest BCUT2D eigenvalue weighted by atomic mass is 19.1. The van der Waals surface area contributed by atoms with Gasteiger partial charge in [0.1, 0.15) is 11.7 Å². The van der Waals surface area contributed by atoms with E-state index in [-0.39, 0.29) is 11.6 Å². The molecule has 3 nitrogen and oxygen atoms in total. The zero-order chi connectivity index (χ0) is 16.0. The Kier molecular flexibility index (Phi) is 6.06. The second kappa shape index (κ2) is 7.34. The van der Waals surface area contributed by atoms with Crippen LogP contribution in [0.4, 0.5) is 4.39 Å². The van der Waals surface area contributed by atoms with Crippen LogP contribution < -0.4 is 0 Å². The largest absolute Gasteiger partial charge is 0.468 e. The van der Waals surface area contributed by atoms with Crippen molar-refractivity contribution in [1.82, 2.24) is 0 Å². The Morgan fingerprint density at radius 1 is 1.24 bits per heavy atom. The number of carbonyl (C=O) groups excluding carboxylic acids is 2. The van der Waals surface area contributed by atoms with Crippen LogP contribution >= 0.6 is 0 Å². The van der Waals surface area contributed by atoms with Gasteiger partial charge in [-0.15, -0.1) is 0 Å². The summed E-state index contributed by atoms with van der Waals surface area (Å²) in [4.78, 5) is 24.7. The highest BCUT2D eigenvalue weighted by Gasteiger charge is 2.38. The lowest BCUT2D eigenvalue weighted by molar-refractivity contribution is -0.151. The summed E-state index contributed by atoms with van der Waals surface area (Å²) in [6, 6.07) is 5.82. The predicted molar refractivity (Wildman–Crippen MR) is 79.5 cm³/mol. The smallest absolute Gasteiger partial charge is 0.316 e. The van der Waals surface area contributed by atoms with E-state index in [1.54, 1.807) is 26.0 Å². The molecule has 0 radical (unpaired) electrons. The lowest BCUT2D eigenvalue weighted by Gasteiger charge is -2.27. The number of hydrogen-bond donors (Lipinski definition) is 0. The molecule has 0 aromatic heterocycles. The van der Waals surface area contributed by atoms with Crippen molar-refractivity contribution in [3.8, 4) is 0 Å². The van der Waals surface area contributed by atoms with Crippen LogP contribution in [0, 0.1) is 11.7 Å². The molecule has 0 saturated heterocycles. The Morgan fingerprint density at radius 3 is 2.29 bits per heavy atom. The maximum absolute atomic E-state index is 13.0. The monoisotopic (exact) mass is 294 g/mol. The number of esters is 1. The number of rotatable bonds is 7. The van der Waals surface area contributed by atoms with E-state index in [9.17, 15) is 14.0 Å². The third-order valence-corrected chi connectivity index (χ3v) is 3.83. The highest BCUT2D eigenvalue weighted by molar-refractivity contribution is 6.04. The molecule has 1 rings (SSSR count). The Morgan fingerprint density at radius 2 is 1.81 bits per heavy atom. The third kappa shape index (κ3) is 4.13. The van der Waals surface area contributed by atoms with E-state index in [1.165, 1.54) is 19.2 Å². The van der Waals surface area contributed by atoms with Gasteiger partial charge in [0.25, 0.3) is 0 Å². The number of ketones is 1. The molecule has 21 heavy (non-hydrogen) atoms. The van der Waals surface area contributed by atoms with Crippen LogP contribution in [0.15, 0.2) is 24.3 Å². The maximum Gasteiger partial charge on any atom is 0.316 e. The van der Waals surface area contributed by atoms with Crippen LogP contribution in [0.1, 0.15) is 45.6 Å². The lowest BCUT2D eigenvalue weighted by atomic mass is 9.74. The average Bonchev–Trinajstić information content (AvgIpc) is 2.47. The molecule has 0 saturated carbocycles. The van der Waals surface area contributed by atoms with Crippen molar-refractivity contribution in [2.24, 2.45) is 5.92 Å².